The Kier molecular flexibility index (Phi) is 14.9. The van der Waals surface area contributed by atoms with Gasteiger partial charge in [-0.1, -0.05) is 164 Å². The molecule has 9 heteroatoms. The number of hydrogen-bond donors (Lipinski definition) is 1. The van der Waals surface area contributed by atoms with Crippen molar-refractivity contribution in [2.45, 2.75) is 49.5 Å². The predicted octanol–water partition coefficient (Wildman–Crippen LogP) is 12.4. The van der Waals surface area contributed by atoms with Gasteiger partial charge in [-0.15, -0.1) is 11.8 Å². The molecule has 0 radical (unpaired) electrons. The molecule has 1 aliphatic carbocycles. The highest BCUT2D eigenvalue weighted by Crippen LogP contribution is 2.49. The average Bonchev–Trinajstić information content (AvgIpc) is 3.69. The van der Waals surface area contributed by atoms with Crippen LogP contribution in [0.1, 0.15) is 70.4 Å². The third-order valence-corrected chi connectivity index (χ3v) is 13.4. The number of nitrogens with zero attached hydrogens (tertiary/aromatic N) is 1. The Labute approximate surface area is 404 Å². The van der Waals surface area contributed by atoms with E-state index in [-0.39, 0.29) is 38.0 Å². The van der Waals surface area contributed by atoms with Crippen molar-refractivity contribution >= 4 is 35.4 Å². The van der Waals surface area contributed by atoms with Gasteiger partial charge in [0.1, 0.15) is 30.6 Å². The van der Waals surface area contributed by atoms with Crippen molar-refractivity contribution in [2.75, 3.05) is 30.4 Å². The van der Waals surface area contributed by atoms with Crippen LogP contribution < -0.4 is 15.0 Å². The standard InChI is InChI=1S/C59H56N2O6S/c1-5-38-65-56(63)43-31-33-47(34-32-43)61(37-39-68-59(44-19-9-6-10-20-44,45-21-11-7-12-22-45)46-23-13-8-14-24-46)55(62)54(40-42-29-35-48(36-30-42)67-58(2,3)4)60-57(64)66-41-53-51-27-17-15-25-49(51)50-26-16-18-28-52(50)53/h5-36,53-54H,1,37-41H2,2-4H3,(H,60,64)/t54-/m0/s1. The number of rotatable bonds is 18. The Morgan fingerprint density at radius 1 is 0.662 bits per heavy atom. The number of anilines is 1. The van der Waals surface area contributed by atoms with Gasteiger partial charge in [-0.2, -0.15) is 0 Å². The van der Waals surface area contributed by atoms with Gasteiger partial charge in [0.15, 0.2) is 0 Å². The first kappa shape index (κ1) is 47.1. The van der Waals surface area contributed by atoms with E-state index in [1.54, 1.807) is 40.9 Å². The highest BCUT2D eigenvalue weighted by molar-refractivity contribution is 8.00. The van der Waals surface area contributed by atoms with Gasteiger partial charge in [-0.25, -0.2) is 9.59 Å². The van der Waals surface area contributed by atoms with Crippen LogP contribution in [0.15, 0.2) is 201 Å². The molecule has 1 aliphatic rings. The zero-order chi connectivity index (χ0) is 47.5. The number of amides is 2. The van der Waals surface area contributed by atoms with Gasteiger partial charge in [0.25, 0.3) is 0 Å². The number of thioether (sulfide) groups is 1. The van der Waals surface area contributed by atoms with Crippen molar-refractivity contribution in [2.24, 2.45) is 0 Å². The van der Waals surface area contributed by atoms with Crippen LogP contribution in [0.5, 0.6) is 5.75 Å². The molecule has 0 saturated heterocycles. The van der Waals surface area contributed by atoms with Crippen molar-refractivity contribution in [1.29, 1.82) is 0 Å². The summed E-state index contributed by atoms with van der Waals surface area (Å²) in [4.78, 5) is 44.2. The minimum absolute atomic E-state index is 0.0704. The highest BCUT2D eigenvalue weighted by atomic mass is 32.2. The van der Waals surface area contributed by atoms with E-state index in [9.17, 15) is 9.59 Å². The van der Waals surface area contributed by atoms with E-state index >= 15 is 4.79 Å². The number of alkyl carbamates (subject to hydrolysis) is 1. The predicted molar refractivity (Wildman–Crippen MR) is 273 cm³/mol. The average molecular weight is 921 g/mol. The number of benzene rings is 7. The molecule has 0 aromatic heterocycles. The van der Waals surface area contributed by atoms with Crippen LogP contribution in [-0.2, 0) is 25.4 Å². The van der Waals surface area contributed by atoms with E-state index < -0.39 is 28.5 Å². The Hall–Kier alpha value is -7.36. The van der Waals surface area contributed by atoms with Crippen LogP contribution in [0.25, 0.3) is 11.1 Å². The number of hydrogen-bond acceptors (Lipinski definition) is 7. The summed E-state index contributed by atoms with van der Waals surface area (Å²) >= 11 is 1.73. The van der Waals surface area contributed by atoms with Crippen molar-refractivity contribution in [3.8, 4) is 16.9 Å². The van der Waals surface area contributed by atoms with Gasteiger partial charge in [0.05, 0.1) is 10.3 Å². The van der Waals surface area contributed by atoms with Crippen molar-refractivity contribution in [3.63, 3.8) is 0 Å². The summed E-state index contributed by atoms with van der Waals surface area (Å²) in [5.41, 5.74) is 8.99. The SMILES string of the molecule is C=CCOC(=O)c1ccc(N(CCSC(c2ccccc2)(c2ccccc2)c2ccccc2)C(=O)[C@H](Cc2ccc(OC(C)(C)C)cc2)NC(=O)OCC2c3ccccc3-c3ccccc32)cc1. The number of nitrogens with one attached hydrogen (secondary N) is 1. The molecule has 0 bridgehead atoms. The summed E-state index contributed by atoms with van der Waals surface area (Å²) in [6.45, 7) is 10.0. The van der Waals surface area contributed by atoms with E-state index in [4.69, 9.17) is 14.2 Å². The molecule has 2 amide bonds. The van der Waals surface area contributed by atoms with Gasteiger partial charge in [0, 0.05) is 30.3 Å². The van der Waals surface area contributed by atoms with Gasteiger partial charge >= 0.3 is 12.1 Å². The molecular weight excluding hydrogens is 865 g/mol. The van der Waals surface area contributed by atoms with Gasteiger partial charge in [-0.05, 0) is 102 Å². The summed E-state index contributed by atoms with van der Waals surface area (Å²) in [5.74, 6) is 0.154. The van der Waals surface area contributed by atoms with Crippen LogP contribution in [0.2, 0.25) is 0 Å². The smallest absolute Gasteiger partial charge is 0.407 e. The fraction of sp³-hybridized carbons (Fsp3) is 0.203. The Morgan fingerprint density at radius 2 is 1.18 bits per heavy atom. The fourth-order valence-electron chi connectivity index (χ4n) is 8.87. The van der Waals surface area contributed by atoms with E-state index in [1.165, 1.54) is 6.08 Å². The largest absolute Gasteiger partial charge is 0.488 e. The normalized spacial score (nSPS) is 12.5. The monoisotopic (exact) mass is 920 g/mol. The second-order valence-electron chi connectivity index (χ2n) is 17.6. The van der Waals surface area contributed by atoms with Gasteiger partial charge in [-0.3, -0.25) is 4.79 Å². The molecule has 68 heavy (non-hydrogen) atoms. The molecule has 1 atom stereocenters. The molecule has 7 aromatic carbocycles. The minimum atomic E-state index is -1.05. The fourth-order valence-corrected chi connectivity index (χ4v) is 10.4. The van der Waals surface area contributed by atoms with Crippen molar-refractivity contribution < 1.29 is 28.6 Å². The number of fused-ring (bicyclic) bond motifs is 3. The minimum Gasteiger partial charge on any atom is -0.488 e. The Bertz CT molecular complexity index is 2670. The first-order chi connectivity index (χ1) is 33.0. The van der Waals surface area contributed by atoms with Crippen molar-refractivity contribution in [3.05, 3.63) is 240 Å². The summed E-state index contributed by atoms with van der Waals surface area (Å²) < 4.78 is 16.9. The van der Waals surface area contributed by atoms with E-state index in [0.717, 1.165) is 44.5 Å². The quantitative estimate of drug-likeness (QED) is 0.0520. The lowest BCUT2D eigenvalue weighted by Gasteiger charge is -2.36. The maximum Gasteiger partial charge on any atom is 0.407 e. The van der Waals surface area contributed by atoms with Crippen molar-refractivity contribution in [1.82, 2.24) is 5.32 Å². The molecule has 1 N–H and O–H groups in total. The van der Waals surface area contributed by atoms with Crippen LogP contribution in [0.4, 0.5) is 10.5 Å². The van der Waals surface area contributed by atoms with E-state index in [2.05, 4.69) is 109 Å². The number of carbonyl (C=O) groups excluding carboxylic acids is 3. The summed E-state index contributed by atoms with van der Waals surface area (Å²) in [6.07, 6.45) is 0.972. The number of carbonyl (C=O) groups is 3. The molecule has 344 valence electrons. The molecule has 8 nitrogen and oxygen atoms in total. The second kappa shape index (κ2) is 21.5. The second-order valence-corrected chi connectivity index (χ2v) is 18.9. The molecule has 8 rings (SSSR count). The first-order valence-corrected chi connectivity index (χ1v) is 23.9. The van der Waals surface area contributed by atoms with Gasteiger partial charge < -0.3 is 24.4 Å². The molecule has 0 aliphatic heterocycles. The molecule has 0 saturated carbocycles. The van der Waals surface area contributed by atoms with Crippen LogP contribution in [0, 0.1) is 0 Å². The molecule has 0 unspecified atom stereocenters. The zero-order valence-electron chi connectivity index (χ0n) is 38.7. The highest BCUT2D eigenvalue weighted by Gasteiger charge is 2.38. The van der Waals surface area contributed by atoms with E-state index in [1.807, 2.05) is 87.5 Å². The third-order valence-electron chi connectivity index (χ3n) is 11.9. The topological polar surface area (TPSA) is 94.2 Å². The maximum atomic E-state index is 15.5. The van der Waals surface area contributed by atoms with Crippen LogP contribution in [0.3, 0.4) is 0 Å². The molecule has 0 heterocycles. The number of ether oxygens (including phenoxy) is 3. The number of esters is 1. The third kappa shape index (κ3) is 10.9. The maximum absolute atomic E-state index is 15.5. The Morgan fingerprint density at radius 3 is 1.69 bits per heavy atom. The summed E-state index contributed by atoms with van der Waals surface area (Å²) in [6, 6.07) is 60.9. The molecular formula is C59H56N2O6S. The molecule has 7 aromatic rings. The Balaban J connectivity index is 1.13. The lowest BCUT2D eigenvalue weighted by atomic mass is 9.84. The van der Waals surface area contributed by atoms with Crippen LogP contribution >= 0.6 is 11.8 Å². The molecule has 0 fully saturated rings. The van der Waals surface area contributed by atoms with E-state index in [0.29, 0.717) is 22.8 Å². The zero-order valence-corrected chi connectivity index (χ0v) is 39.5. The lowest BCUT2D eigenvalue weighted by molar-refractivity contribution is -0.120. The summed E-state index contributed by atoms with van der Waals surface area (Å²) in [7, 11) is 0. The van der Waals surface area contributed by atoms with Gasteiger partial charge in [0.2, 0.25) is 5.91 Å². The van der Waals surface area contributed by atoms with Crippen LogP contribution in [-0.4, -0.2) is 55.1 Å². The first-order valence-electron chi connectivity index (χ1n) is 22.9. The lowest BCUT2D eigenvalue weighted by Crippen LogP contribution is -2.51. The molecule has 0 spiro atoms. The summed E-state index contributed by atoms with van der Waals surface area (Å²) in [5, 5.41) is 3.00.